The summed E-state index contributed by atoms with van der Waals surface area (Å²) in [7, 11) is 0. The molecule has 55 heavy (non-hydrogen) atoms. The number of fused-ring (bicyclic) bond motifs is 12. The summed E-state index contributed by atoms with van der Waals surface area (Å²) >= 11 is 4.32. The smallest absolute Gasteiger partial charge is 0.0657 e. The molecule has 0 fully saturated rings. The first-order chi connectivity index (χ1) is 27.2. The monoisotopic (exact) mass is 763 g/mol. The van der Waals surface area contributed by atoms with Crippen LogP contribution in [0.2, 0.25) is 0 Å². The molecule has 0 unspecified atom stereocenters. The summed E-state index contributed by atoms with van der Waals surface area (Å²) in [6.07, 6.45) is 3.81. The molecule has 0 spiro atoms. The molecule has 0 aliphatic carbocycles. The number of hydrogen-bond acceptors (Lipinski definition) is 1. The molecule has 4 heteroatoms. The van der Waals surface area contributed by atoms with Crippen LogP contribution in [0.25, 0.3) is 109 Å². The maximum absolute atomic E-state index is 4.58. The minimum Gasteiger partial charge on any atom is -0.308 e. The number of benzene rings is 9. The van der Waals surface area contributed by atoms with Crippen LogP contribution in [-0.2, 0) is 0 Å². The molecule has 9 aromatic carbocycles. The summed E-state index contributed by atoms with van der Waals surface area (Å²) in [6.45, 7) is 0. The maximum atomic E-state index is 4.58. The van der Waals surface area contributed by atoms with Gasteiger partial charge in [0.1, 0.15) is 0 Å². The second-order valence-electron chi connectivity index (χ2n) is 14.5. The number of hydrogen-bond donors (Lipinski definition) is 0. The minimum atomic E-state index is 1.01. The Morgan fingerprint density at radius 3 is 1.29 bits per heavy atom. The van der Waals surface area contributed by atoms with Crippen molar-refractivity contribution in [2.75, 3.05) is 0 Å². The molecule has 12 aromatic rings. The van der Waals surface area contributed by atoms with Crippen molar-refractivity contribution in [2.24, 2.45) is 0 Å². The Kier molecular flexibility index (Phi) is 6.48. The zero-order chi connectivity index (χ0) is 36.2. The van der Waals surface area contributed by atoms with Gasteiger partial charge in [0, 0.05) is 39.5 Å². The molecule has 0 aliphatic heterocycles. The van der Waals surface area contributed by atoms with Gasteiger partial charge in [0.2, 0.25) is 0 Å². The highest BCUT2D eigenvalue weighted by molar-refractivity contribution is 9.10. The molecule has 0 amide bonds. The van der Waals surface area contributed by atoms with Crippen LogP contribution in [0.15, 0.2) is 187 Å². The first kappa shape index (κ1) is 30.7. The molecule has 3 heterocycles. The molecule has 0 N–H and O–H groups in total. The van der Waals surface area contributed by atoms with E-state index in [1.165, 1.54) is 86.7 Å². The fourth-order valence-electron chi connectivity index (χ4n) is 9.08. The van der Waals surface area contributed by atoms with Crippen molar-refractivity contribution in [1.82, 2.24) is 14.1 Å². The molecule has 3 aromatic heterocycles. The van der Waals surface area contributed by atoms with E-state index in [-0.39, 0.29) is 0 Å². The number of nitrogens with zero attached hydrogens (tertiary/aromatic N) is 3. The van der Waals surface area contributed by atoms with E-state index < -0.39 is 0 Å². The Bertz CT molecular complexity index is 3340. The fourth-order valence-corrected chi connectivity index (χ4v) is 9.67. The van der Waals surface area contributed by atoms with Gasteiger partial charge in [0.25, 0.3) is 0 Å². The second-order valence-corrected chi connectivity index (χ2v) is 15.3. The minimum absolute atomic E-state index is 1.01. The van der Waals surface area contributed by atoms with E-state index in [9.17, 15) is 0 Å². The van der Waals surface area contributed by atoms with Crippen LogP contribution >= 0.6 is 15.9 Å². The summed E-state index contributed by atoms with van der Waals surface area (Å²) in [6, 6.07) is 62.3. The van der Waals surface area contributed by atoms with Crippen LogP contribution in [0.1, 0.15) is 0 Å². The standard InChI is InChI=1S/C51H30BrN3/c52-51-47(54-43-21-19-31-10-5-7-17-39(31)49(43)41-24-33-12-1-3-14-35(33)26-45(41)54)28-38(37-16-9-23-53-30-37)29-48(51)55-44-22-20-32-11-6-8-18-40(32)50(44)42-25-34-13-2-4-15-36(34)27-46(42)55/h1-30H. The average molecular weight is 765 g/mol. The van der Waals surface area contributed by atoms with Crippen LogP contribution < -0.4 is 0 Å². The van der Waals surface area contributed by atoms with Crippen LogP contribution in [0.3, 0.4) is 0 Å². The Hall–Kier alpha value is -6.75. The van der Waals surface area contributed by atoms with E-state index in [2.05, 4.69) is 194 Å². The Labute approximate surface area is 324 Å². The molecule has 0 saturated heterocycles. The Morgan fingerprint density at radius 1 is 0.364 bits per heavy atom. The average Bonchev–Trinajstić information content (AvgIpc) is 3.74. The maximum Gasteiger partial charge on any atom is 0.0657 e. The van der Waals surface area contributed by atoms with Crippen molar-refractivity contribution in [2.45, 2.75) is 0 Å². The topological polar surface area (TPSA) is 22.8 Å². The third-order valence-corrected chi connectivity index (χ3v) is 12.4. The van der Waals surface area contributed by atoms with Gasteiger partial charge in [-0.1, -0.05) is 115 Å². The lowest BCUT2D eigenvalue weighted by atomic mass is 10.0. The van der Waals surface area contributed by atoms with Crippen molar-refractivity contribution in [3.63, 3.8) is 0 Å². The zero-order valence-electron chi connectivity index (χ0n) is 29.5. The van der Waals surface area contributed by atoms with Crippen LogP contribution in [0, 0.1) is 0 Å². The molecular weight excluding hydrogens is 734 g/mol. The predicted molar refractivity (Wildman–Crippen MR) is 236 cm³/mol. The van der Waals surface area contributed by atoms with Gasteiger partial charge in [0.05, 0.1) is 37.9 Å². The molecule has 0 bridgehead atoms. The molecular formula is C51H30BrN3. The van der Waals surface area contributed by atoms with Gasteiger partial charge in [-0.25, -0.2) is 0 Å². The number of pyridine rings is 1. The van der Waals surface area contributed by atoms with E-state index in [0.717, 1.165) is 27.0 Å². The Morgan fingerprint density at radius 2 is 0.818 bits per heavy atom. The SMILES string of the molecule is Brc1c(-n2c3cc4ccccc4cc3c3c4ccccc4ccc32)cc(-c2cccnc2)cc1-n1c2cc3ccccc3cc2c2c3ccccc3ccc21. The van der Waals surface area contributed by atoms with E-state index in [1.807, 2.05) is 18.5 Å². The van der Waals surface area contributed by atoms with Gasteiger partial charge in [-0.2, -0.15) is 0 Å². The lowest BCUT2D eigenvalue weighted by Crippen LogP contribution is -2.03. The van der Waals surface area contributed by atoms with Gasteiger partial charge in [0.15, 0.2) is 0 Å². The molecule has 256 valence electrons. The highest BCUT2D eigenvalue weighted by atomic mass is 79.9. The largest absolute Gasteiger partial charge is 0.308 e. The van der Waals surface area contributed by atoms with Crippen LogP contribution in [0.5, 0.6) is 0 Å². The van der Waals surface area contributed by atoms with Crippen molar-refractivity contribution in [1.29, 1.82) is 0 Å². The summed E-state index contributed by atoms with van der Waals surface area (Å²) in [5.74, 6) is 0. The van der Waals surface area contributed by atoms with Crippen LogP contribution in [0.4, 0.5) is 0 Å². The van der Waals surface area contributed by atoms with Gasteiger partial charge < -0.3 is 9.13 Å². The molecule has 0 radical (unpaired) electrons. The molecule has 3 nitrogen and oxygen atoms in total. The zero-order valence-corrected chi connectivity index (χ0v) is 31.1. The summed E-state index contributed by atoms with van der Waals surface area (Å²) in [4.78, 5) is 4.58. The third-order valence-electron chi connectivity index (χ3n) is 11.6. The Balaban J connectivity index is 1.27. The van der Waals surface area contributed by atoms with E-state index in [4.69, 9.17) is 0 Å². The fraction of sp³-hybridized carbons (Fsp3) is 0. The second kappa shape index (κ2) is 11.6. The first-order valence-electron chi connectivity index (χ1n) is 18.6. The van der Waals surface area contributed by atoms with Gasteiger partial charge >= 0.3 is 0 Å². The van der Waals surface area contributed by atoms with Crippen molar-refractivity contribution < 1.29 is 0 Å². The highest BCUT2D eigenvalue weighted by Gasteiger charge is 2.23. The van der Waals surface area contributed by atoms with E-state index in [0.29, 0.717) is 0 Å². The number of halogens is 1. The first-order valence-corrected chi connectivity index (χ1v) is 19.4. The normalized spacial score (nSPS) is 12.1. The lowest BCUT2D eigenvalue weighted by molar-refractivity contribution is 1.12. The van der Waals surface area contributed by atoms with E-state index >= 15 is 0 Å². The summed E-state index contributed by atoms with van der Waals surface area (Å²) in [5, 5.41) is 14.8. The lowest BCUT2D eigenvalue weighted by Gasteiger charge is -2.19. The van der Waals surface area contributed by atoms with Gasteiger partial charge in [-0.15, -0.1) is 0 Å². The van der Waals surface area contributed by atoms with Gasteiger partial charge in [-0.05, 0) is 119 Å². The quantitative estimate of drug-likeness (QED) is 0.176. The number of aromatic nitrogens is 3. The third kappa shape index (κ3) is 4.46. The van der Waals surface area contributed by atoms with Crippen molar-refractivity contribution in [3.8, 4) is 22.5 Å². The summed E-state index contributed by atoms with van der Waals surface area (Å²) in [5.41, 5.74) is 8.95. The molecule has 0 atom stereocenters. The predicted octanol–water partition coefficient (Wildman–Crippen LogP) is 14.3. The van der Waals surface area contributed by atoms with Crippen molar-refractivity contribution >= 4 is 103 Å². The summed E-state index contributed by atoms with van der Waals surface area (Å²) < 4.78 is 5.95. The molecule has 12 rings (SSSR count). The van der Waals surface area contributed by atoms with Gasteiger partial charge in [-0.3, -0.25) is 4.98 Å². The highest BCUT2D eigenvalue weighted by Crippen LogP contribution is 2.45. The van der Waals surface area contributed by atoms with Crippen LogP contribution in [-0.4, -0.2) is 14.1 Å². The van der Waals surface area contributed by atoms with E-state index in [1.54, 1.807) is 0 Å². The molecule has 0 saturated carbocycles. The van der Waals surface area contributed by atoms with Crippen molar-refractivity contribution in [3.05, 3.63) is 187 Å². The number of rotatable bonds is 3. The molecule has 0 aliphatic rings.